The van der Waals surface area contributed by atoms with E-state index in [-0.39, 0.29) is 17.9 Å². The molecule has 38 heavy (non-hydrogen) atoms. The highest BCUT2D eigenvalue weighted by atomic mass is 32.1. The Morgan fingerprint density at radius 1 is 1.32 bits per heavy atom. The van der Waals surface area contributed by atoms with Gasteiger partial charge in [0.15, 0.2) is 6.61 Å². The van der Waals surface area contributed by atoms with Gasteiger partial charge in [-0.3, -0.25) is 9.48 Å². The number of aryl methyl sites for hydroxylation is 1. The summed E-state index contributed by atoms with van der Waals surface area (Å²) in [4.78, 5) is 24.8. The highest BCUT2D eigenvalue weighted by Crippen LogP contribution is 2.29. The topological polar surface area (TPSA) is 81.8 Å². The van der Waals surface area contributed by atoms with Crippen LogP contribution in [0.15, 0.2) is 29.4 Å². The number of halogens is 2. The summed E-state index contributed by atoms with van der Waals surface area (Å²) in [6.45, 7) is 3.52. The lowest BCUT2D eigenvalue weighted by atomic mass is 9.98. The molecule has 8 nitrogen and oxygen atoms in total. The summed E-state index contributed by atoms with van der Waals surface area (Å²) in [5, 5.41) is 5.55. The Morgan fingerprint density at radius 3 is 2.95 bits per heavy atom. The van der Waals surface area contributed by atoms with Crippen LogP contribution in [0.1, 0.15) is 47.1 Å². The molecular weight excluding hydrogens is 512 g/mol. The Kier molecular flexibility index (Phi) is 8.15. The lowest BCUT2D eigenvalue weighted by Crippen LogP contribution is -2.33. The number of hydrogen-bond acceptors (Lipinski definition) is 7. The van der Waals surface area contributed by atoms with Crippen molar-refractivity contribution in [2.24, 2.45) is 18.0 Å². The van der Waals surface area contributed by atoms with E-state index in [1.807, 2.05) is 19.2 Å². The van der Waals surface area contributed by atoms with Gasteiger partial charge in [0.1, 0.15) is 0 Å². The molecule has 2 aromatic heterocycles. The van der Waals surface area contributed by atoms with Crippen LogP contribution in [0.3, 0.4) is 0 Å². The maximum absolute atomic E-state index is 13.1. The molecule has 1 aromatic carbocycles. The first-order valence-corrected chi connectivity index (χ1v) is 13.9. The van der Waals surface area contributed by atoms with Crippen molar-refractivity contribution < 1.29 is 23.0 Å². The summed E-state index contributed by atoms with van der Waals surface area (Å²) in [5.74, 6) is -2.97. The molecular formula is C27H33F2N5O3S. The maximum Gasteiger partial charge on any atom is 0.278 e. The molecule has 0 aliphatic carbocycles. The number of ether oxygens (including phenoxy) is 2. The summed E-state index contributed by atoms with van der Waals surface area (Å²) < 4.78 is 39.2. The molecule has 1 saturated heterocycles. The van der Waals surface area contributed by atoms with E-state index in [1.54, 1.807) is 23.2 Å². The number of nitrogens with zero attached hydrogens (tertiary/aromatic N) is 5. The predicted molar refractivity (Wildman–Crippen MR) is 143 cm³/mol. The summed E-state index contributed by atoms with van der Waals surface area (Å²) >= 11 is 1.39. The zero-order chi connectivity index (χ0) is 26.7. The number of aromatic nitrogens is 3. The van der Waals surface area contributed by atoms with Crippen molar-refractivity contribution in [2.45, 2.75) is 51.1 Å². The molecule has 11 heteroatoms. The van der Waals surface area contributed by atoms with Crippen LogP contribution in [0.2, 0.25) is 0 Å². The van der Waals surface area contributed by atoms with Gasteiger partial charge in [-0.2, -0.15) is 5.10 Å². The van der Waals surface area contributed by atoms with Gasteiger partial charge in [-0.25, -0.2) is 18.8 Å². The van der Waals surface area contributed by atoms with Gasteiger partial charge in [-0.1, -0.05) is 17.4 Å². The van der Waals surface area contributed by atoms with Gasteiger partial charge in [0.05, 0.1) is 30.1 Å². The Morgan fingerprint density at radius 2 is 2.16 bits per heavy atom. The zero-order valence-electron chi connectivity index (χ0n) is 21.7. The third kappa shape index (κ3) is 6.81. The first-order chi connectivity index (χ1) is 18.2. The van der Waals surface area contributed by atoms with Gasteiger partial charge in [0, 0.05) is 68.0 Å². The first-order valence-electron chi connectivity index (χ1n) is 13.1. The van der Waals surface area contributed by atoms with E-state index < -0.39 is 12.5 Å². The van der Waals surface area contributed by atoms with E-state index in [0.29, 0.717) is 17.4 Å². The molecule has 3 aromatic rings. The van der Waals surface area contributed by atoms with Crippen LogP contribution in [-0.4, -0.2) is 76.7 Å². The van der Waals surface area contributed by atoms with Crippen molar-refractivity contribution in [2.75, 3.05) is 32.8 Å². The number of carbonyl (C=O) groups excluding carboxylic acids is 1. The molecule has 2 atom stereocenters. The van der Waals surface area contributed by atoms with E-state index in [2.05, 4.69) is 20.0 Å². The molecule has 2 aliphatic rings. The number of carbonyl (C=O) groups is 1. The average molecular weight is 546 g/mol. The monoisotopic (exact) mass is 545 g/mol. The first kappa shape index (κ1) is 26.8. The molecule has 1 fully saturated rings. The fourth-order valence-electron chi connectivity index (χ4n) is 4.88. The van der Waals surface area contributed by atoms with Gasteiger partial charge in [0.25, 0.3) is 17.0 Å². The molecule has 5 rings (SSSR count). The molecule has 0 radical (unpaired) electrons. The summed E-state index contributed by atoms with van der Waals surface area (Å²) in [6.07, 6.45) is 8.21. The van der Waals surface area contributed by atoms with Crippen molar-refractivity contribution in [1.29, 1.82) is 0 Å². The Bertz CT molecular complexity index is 1270. The number of rotatable bonds is 8. The lowest BCUT2D eigenvalue weighted by Gasteiger charge is -2.29. The average Bonchev–Trinajstić information content (AvgIpc) is 3.42. The maximum atomic E-state index is 13.1. The Hall–Kier alpha value is -2.76. The molecule has 4 heterocycles. The number of benzene rings is 1. The predicted octanol–water partition coefficient (Wildman–Crippen LogP) is 4.56. The number of hydrogen-bond donors (Lipinski definition) is 0. The number of thiazole rings is 1. The largest absolute Gasteiger partial charge is 0.464 e. The second-order valence-electron chi connectivity index (χ2n) is 10.3. The smallest absolute Gasteiger partial charge is 0.278 e. The minimum atomic E-state index is -2.86. The van der Waals surface area contributed by atoms with Crippen LogP contribution in [0.5, 0.6) is 5.19 Å². The molecule has 0 saturated carbocycles. The third-order valence-electron chi connectivity index (χ3n) is 7.10. The lowest BCUT2D eigenvalue weighted by molar-refractivity contribution is -0.0230. The van der Waals surface area contributed by atoms with Crippen molar-refractivity contribution in [3.8, 4) is 5.19 Å². The van der Waals surface area contributed by atoms with Gasteiger partial charge in [-0.05, 0) is 37.8 Å². The van der Waals surface area contributed by atoms with E-state index in [1.165, 1.54) is 11.3 Å². The van der Waals surface area contributed by atoms with E-state index in [0.717, 1.165) is 80.1 Å². The van der Waals surface area contributed by atoms with Crippen molar-refractivity contribution in [3.05, 3.63) is 40.5 Å². The van der Waals surface area contributed by atoms with Crippen LogP contribution in [-0.2, 0) is 24.6 Å². The second-order valence-corrected chi connectivity index (χ2v) is 11.3. The number of amides is 1. The molecule has 0 N–H and O–H groups in total. The summed E-state index contributed by atoms with van der Waals surface area (Å²) in [7, 11) is 1.85. The van der Waals surface area contributed by atoms with Crippen LogP contribution in [0.4, 0.5) is 8.78 Å². The molecule has 1 unspecified atom stereocenters. The fraction of sp³-hybridized carbons (Fsp3) is 0.556. The highest BCUT2D eigenvalue weighted by molar-refractivity contribution is 7.13. The molecule has 204 valence electrons. The quantitative estimate of drug-likeness (QED) is 0.386. The normalized spacial score (nSPS) is 21.1. The molecule has 1 amide bonds. The van der Waals surface area contributed by atoms with Gasteiger partial charge >= 0.3 is 0 Å². The van der Waals surface area contributed by atoms with Crippen LogP contribution >= 0.6 is 11.3 Å². The third-order valence-corrected chi connectivity index (χ3v) is 8.17. The summed E-state index contributed by atoms with van der Waals surface area (Å²) in [6, 6.07) is 5.51. The van der Waals surface area contributed by atoms with Crippen LogP contribution in [0, 0.1) is 5.92 Å². The van der Waals surface area contributed by atoms with E-state index in [9.17, 15) is 13.6 Å². The highest BCUT2D eigenvalue weighted by Gasteiger charge is 2.26. The molecule has 0 spiro atoms. The van der Waals surface area contributed by atoms with E-state index in [4.69, 9.17) is 9.47 Å². The number of alkyl halides is 2. The van der Waals surface area contributed by atoms with Gasteiger partial charge < -0.3 is 14.4 Å². The van der Waals surface area contributed by atoms with E-state index >= 15 is 0 Å². The number of aliphatic imine (C=N–C) groups is 1. The standard InChI is InChI=1S/C27H33F2N5O3S/c1-27(28,29)17-37-26-32-22-8-11-34(12-9-24(22)38-26)10-7-21-6-3-18(16-36-21)14-30-25(35)19-4-5-20-15-31-33(2)23(20)13-19/h4-5,13-15,18,21H,3,6-12,16-17H2,1-2H3/b30-14+/t18?,21-/m1/s1. The summed E-state index contributed by atoms with van der Waals surface area (Å²) in [5.41, 5.74) is 2.43. The second kappa shape index (κ2) is 11.5. The van der Waals surface area contributed by atoms with Gasteiger partial charge in [-0.15, -0.1) is 0 Å². The minimum Gasteiger partial charge on any atom is -0.464 e. The van der Waals surface area contributed by atoms with Crippen molar-refractivity contribution in [3.63, 3.8) is 0 Å². The SMILES string of the molecule is Cn1ncc2ccc(C(=O)/N=C/C3CC[C@H](CCN4CCc5nc(OCC(C)(F)F)sc5CC4)OC3)cc21. The van der Waals surface area contributed by atoms with Crippen molar-refractivity contribution >= 4 is 34.4 Å². The van der Waals surface area contributed by atoms with Crippen molar-refractivity contribution in [1.82, 2.24) is 19.7 Å². The Balaban J connectivity index is 1.03. The number of fused-ring (bicyclic) bond motifs is 2. The molecule has 0 bridgehead atoms. The van der Waals surface area contributed by atoms with Crippen LogP contribution < -0.4 is 4.74 Å². The fourth-order valence-corrected chi connectivity index (χ4v) is 5.83. The minimum absolute atomic E-state index is 0.139. The Labute approximate surface area is 224 Å². The molecule has 2 aliphatic heterocycles. The van der Waals surface area contributed by atoms with Gasteiger partial charge in [0.2, 0.25) is 0 Å². The van der Waals surface area contributed by atoms with Crippen LogP contribution in [0.25, 0.3) is 10.9 Å². The zero-order valence-corrected chi connectivity index (χ0v) is 22.6.